The highest BCUT2D eigenvalue weighted by Gasteiger charge is 2.23. The lowest BCUT2D eigenvalue weighted by Gasteiger charge is -2.22. The Morgan fingerprint density at radius 1 is 0.971 bits per heavy atom. The van der Waals surface area contributed by atoms with Crippen molar-refractivity contribution in [2.24, 2.45) is 0 Å². The van der Waals surface area contributed by atoms with Crippen molar-refractivity contribution in [3.05, 3.63) is 71.1 Å². The molecule has 4 rings (SSSR count). The van der Waals surface area contributed by atoms with Gasteiger partial charge in [-0.25, -0.2) is 9.37 Å². The molecule has 0 fully saturated rings. The molecule has 0 atom stereocenters. The molecule has 2 aromatic carbocycles. The Morgan fingerprint density at radius 3 is 2.31 bits per heavy atom. The summed E-state index contributed by atoms with van der Waals surface area (Å²) in [5, 5.41) is 23.1. The van der Waals surface area contributed by atoms with Crippen molar-refractivity contribution in [2.45, 2.75) is 20.8 Å². The van der Waals surface area contributed by atoms with Crippen LogP contribution in [-0.2, 0) is 0 Å². The van der Waals surface area contributed by atoms with E-state index in [0.29, 0.717) is 22.5 Å². The number of hydrogen-bond donors (Lipinski definition) is 1. The normalized spacial score (nSPS) is 12.1. The Kier molecular flexibility index (Phi) is 6.60. The highest BCUT2D eigenvalue weighted by molar-refractivity contribution is 6.08. The van der Waals surface area contributed by atoms with Crippen molar-refractivity contribution < 1.29 is 24.2 Å². The fourth-order valence-electron chi connectivity index (χ4n) is 4.43. The van der Waals surface area contributed by atoms with Gasteiger partial charge in [-0.1, -0.05) is 12.1 Å². The van der Waals surface area contributed by atoms with Crippen molar-refractivity contribution in [2.75, 3.05) is 31.6 Å². The number of carbonyl (C=O) groups is 2. The van der Waals surface area contributed by atoms with Gasteiger partial charge in [-0.15, -0.1) is 0 Å². The molecule has 0 radical (unpaired) electrons. The predicted molar refractivity (Wildman–Crippen MR) is 135 cm³/mol. The Labute approximate surface area is 203 Å². The van der Waals surface area contributed by atoms with Crippen molar-refractivity contribution in [3.63, 3.8) is 0 Å². The van der Waals surface area contributed by atoms with E-state index >= 15 is 0 Å². The van der Waals surface area contributed by atoms with E-state index in [1.54, 1.807) is 0 Å². The van der Waals surface area contributed by atoms with E-state index < -0.39 is 11.9 Å². The summed E-state index contributed by atoms with van der Waals surface area (Å²) in [7, 11) is 1.99. The fourth-order valence-corrected chi connectivity index (χ4v) is 4.43. The van der Waals surface area contributed by atoms with Gasteiger partial charge in [-0.3, -0.25) is 0 Å². The summed E-state index contributed by atoms with van der Waals surface area (Å²) in [5.74, 6) is -2.03. The smallest absolute Gasteiger partial charge is 0.336 e. The standard InChI is InChI=1S/C28H28N2O5/c1-5-29(4)18-9-12-21-24(15-18)35-25-16-19(30(6-2)7-3)10-13-22(25)26(21)20-11-8-17(27(31)32)14-23(20)28(33)34/h8-16H,5-7H2,1-4H3,(H-,31,32,33,34). The summed E-state index contributed by atoms with van der Waals surface area (Å²) in [4.78, 5) is 25.8. The summed E-state index contributed by atoms with van der Waals surface area (Å²) in [6.45, 7) is 8.71. The SMILES string of the molecule is CCN(CC)c1ccc2c(-c3ccc(C(=O)[O-])cc3C(=O)O)c3ccc(=[N+](C)CC)cc-3oc2c1. The Balaban J connectivity index is 2.14. The van der Waals surface area contributed by atoms with Gasteiger partial charge >= 0.3 is 5.97 Å². The third kappa shape index (κ3) is 4.37. The molecule has 0 bridgehead atoms. The third-order valence-corrected chi connectivity index (χ3v) is 6.49. The van der Waals surface area contributed by atoms with Gasteiger partial charge < -0.3 is 24.3 Å². The summed E-state index contributed by atoms with van der Waals surface area (Å²) in [6, 6.07) is 15.8. The lowest BCUT2D eigenvalue weighted by molar-refractivity contribution is -0.255. The molecular formula is C28H28N2O5. The van der Waals surface area contributed by atoms with Crippen LogP contribution in [-0.4, -0.2) is 43.7 Å². The lowest BCUT2D eigenvalue weighted by Crippen LogP contribution is -2.25. The zero-order valence-corrected chi connectivity index (χ0v) is 20.3. The average Bonchev–Trinajstić information content (AvgIpc) is 2.86. The first-order valence-electron chi connectivity index (χ1n) is 11.7. The Morgan fingerprint density at radius 2 is 1.69 bits per heavy atom. The van der Waals surface area contributed by atoms with Crippen LogP contribution in [0.3, 0.4) is 0 Å². The Hall–Kier alpha value is -4.13. The van der Waals surface area contributed by atoms with Crippen LogP contribution in [0.5, 0.6) is 0 Å². The largest absolute Gasteiger partial charge is 0.545 e. The average molecular weight is 473 g/mol. The second-order valence-electron chi connectivity index (χ2n) is 8.38. The predicted octanol–water partition coefficient (Wildman–Crippen LogP) is 3.53. The van der Waals surface area contributed by atoms with Gasteiger partial charge in [-0.2, -0.15) is 0 Å². The number of carboxylic acids is 2. The minimum absolute atomic E-state index is 0.108. The second-order valence-corrected chi connectivity index (χ2v) is 8.38. The van der Waals surface area contributed by atoms with Crippen LogP contribution in [0, 0.1) is 0 Å². The minimum atomic E-state index is -1.42. The van der Waals surface area contributed by atoms with Gasteiger partial charge in [0.2, 0.25) is 5.36 Å². The molecule has 180 valence electrons. The van der Waals surface area contributed by atoms with Crippen LogP contribution in [0.15, 0.2) is 59.0 Å². The van der Waals surface area contributed by atoms with E-state index in [-0.39, 0.29) is 11.1 Å². The highest BCUT2D eigenvalue weighted by atomic mass is 16.4. The molecule has 2 aromatic rings. The molecule has 0 saturated carbocycles. The first-order chi connectivity index (χ1) is 16.8. The molecule has 2 aliphatic rings. The van der Waals surface area contributed by atoms with E-state index in [4.69, 9.17) is 4.42 Å². The number of carbonyl (C=O) groups excluding carboxylic acids is 1. The van der Waals surface area contributed by atoms with Crippen molar-refractivity contribution in [3.8, 4) is 22.5 Å². The first-order valence-corrected chi connectivity index (χ1v) is 11.7. The topological polar surface area (TPSA) is 96.8 Å². The molecule has 0 unspecified atom stereocenters. The number of anilines is 1. The molecule has 0 amide bonds. The summed E-state index contributed by atoms with van der Waals surface area (Å²) in [5.41, 5.74) is 3.17. The molecule has 1 heterocycles. The summed E-state index contributed by atoms with van der Waals surface area (Å²) >= 11 is 0. The molecule has 0 spiro atoms. The van der Waals surface area contributed by atoms with Gasteiger partial charge in [0, 0.05) is 47.4 Å². The van der Waals surface area contributed by atoms with Crippen LogP contribution < -0.4 is 19.9 Å². The van der Waals surface area contributed by atoms with Gasteiger partial charge in [0.05, 0.1) is 17.6 Å². The van der Waals surface area contributed by atoms with E-state index in [1.807, 2.05) is 43.4 Å². The van der Waals surface area contributed by atoms with Crippen LogP contribution >= 0.6 is 0 Å². The summed E-state index contributed by atoms with van der Waals surface area (Å²) in [6.07, 6.45) is 0. The van der Waals surface area contributed by atoms with E-state index in [1.165, 1.54) is 12.1 Å². The van der Waals surface area contributed by atoms with E-state index in [0.717, 1.165) is 47.7 Å². The van der Waals surface area contributed by atoms with E-state index in [9.17, 15) is 19.8 Å². The van der Waals surface area contributed by atoms with Gasteiger partial charge in [0.15, 0.2) is 0 Å². The zero-order valence-electron chi connectivity index (χ0n) is 20.3. The van der Waals surface area contributed by atoms with Crippen molar-refractivity contribution >= 4 is 28.6 Å². The molecule has 1 aliphatic heterocycles. The monoisotopic (exact) mass is 472 g/mol. The molecule has 7 nitrogen and oxygen atoms in total. The quantitative estimate of drug-likeness (QED) is 0.327. The first kappa shape index (κ1) is 24.0. The maximum Gasteiger partial charge on any atom is 0.336 e. The van der Waals surface area contributed by atoms with Gasteiger partial charge in [-0.05, 0) is 56.2 Å². The highest BCUT2D eigenvalue weighted by Crippen LogP contribution is 2.42. The number of hydrogen-bond acceptors (Lipinski definition) is 5. The fraction of sp³-hybridized carbons (Fsp3) is 0.250. The van der Waals surface area contributed by atoms with Crippen molar-refractivity contribution in [1.29, 1.82) is 0 Å². The van der Waals surface area contributed by atoms with Gasteiger partial charge in [0.25, 0.3) is 0 Å². The van der Waals surface area contributed by atoms with Crippen LogP contribution in [0.4, 0.5) is 5.69 Å². The van der Waals surface area contributed by atoms with Crippen LogP contribution in [0.1, 0.15) is 41.5 Å². The van der Waals surface area contributed by atoms with Crippen LogP contribution in [0.25, 0.3) is 33.4 Å². The molecule has 1 aliphatic carbocycles. The van der Waals surface area contributed by atoms with Gasteiger partial charge in [0.1, 0.15) is 24.9 Å². The van der Waals surface area contributed by atoms with E-state index in [2.05, 4.69) is 30.2 Å². The molecule has 0 aromatic heterocycles. The lowest BCUT2D eigenvalue weighted by atomic mass is 9.89. The minimum Gasteiger partial charge on any atom is -0.545 e. The molecule has 7 heteroatoms. The number of carboxylic acid groups (broad SMARTS) is 2. The zero-order chi connectivity index (χ0) is 25.3. The summed E-state index contributed by atoms with van der Waals surface area (Å²) < 4.78 is 8.47. The second kappa shape index (κ2) is 9.62. The maximum absolute atomic E-state index is 12.2. The maximum atomic E-state index is 12.2. The number of nitrogens with zero attached hydrogens (tertiary/aromatic N) is 2. The number of rotatable bonds is 7. The number of benzene rings is 3. The Bertz CT molecular complexity index is 1480. The number of aromatic carboxylic acids is 2. The third-order valence-electron chi connectivity index (χ3n) is 6.49. The molecule has 1 N–H and O–H groups in total. The molecular weight excluding hydrogens is 444 g/mol. The van der Waals surface area contributed by atoms with Crippen LogP contribution in [0.2, 0.25) is 0 Å². The number of fused-ring (bicyclic) bond motifs is 2. The molecule has 0 saturated heterocycles. The molecule has 35 heavy (non-hydrogen) atoms. The van der Waals surface area contributed by atoms with Crippen molar-refractivity contribution in [1.82, 2.24) is 4.58 Å².